The maximum absolute atomic E-state index is 6.54. The molecule has 16 heavy (non-hydrogen) atoms. The highest BCUT2D eigenvalue weighted by molar-refractivity contribution is 6.21. The predicted molar refractivity (Wildman–Crippen MR) is 66.4 cm³/mol. The third-order valence-corrected chi connectivity index (χ3v) is 4.86. The van der Waals surface area contributed by atoms with Gasteiger partial charge in [0.1, 0.15) is 5.75 Å². The summed E-state index contributed by atoms with van der Waals surface area (Å²) in [5.41, 5.74) is 4.34. The van der Waals surface area contributed by atoms with Gasteiger partial charge < -0.3 is 4.74 Å². The van der Waals surface area contributed by atoms with Gasteiger partial charge in [0.15, 0.2) is 0 Å². The van der Waals surface area contributed by atoms with E-state index < -0.39 is 0 Å². The van der Waals surface area contributed by atoms with Gasteiger partial charge in [0, 0.05) is 0 Å². The van der Waals surface area contributed by atoms with Crippen LogP contribution < -0.4 is 4.74 Å². The van der Waals surface area contributed by atoms with Crippen LogP contribution >= 0.6 is 11.6 Å². The standard InChI is InChI=1S/C14H17ClO/c1-8-11-5-3-4-9-6-10(16-2)7-12(13(9)11)14(8)15/h6-8,11,14H,3-5H2,1-2H3. The van der Waals surface area contributed by atoms with Crippen LogP contribution in [0, 0.1) is 5.92 Å². The van der Waals surface area contributed by atoms with E-state index in [4.69, 9.17) is 16.3 Å². The molecule has 0 amide bonds. The van der Waals surface area contributed by atoms with Gasteiger partial charge in [-0.25, -0.2) is 0 Å². The van der Waals surface area contributed by atoms with E-state index in [0.717, 1.165) is 5.75 Å². The minimum absolute atomic E-state index is 0.173. The van der Waals surface area contributed by atoms with Crippen LogP contribution in [0.15, 0.2) is 12.1 Å². The van der Waals surface area contributed by atoms with E-state index in [9.17, 15) is 0 Å². The molecule has 0 radical (unpaired) electrons. The Hall–Kier alpha value is -0.690. The van der Waals surface area contributed by atoms with Crippen LogP contribution in [-0.2, 0) is 6.42 Å². The number of hydrogen-bond donors (Lipinski definition) is 0. The average Bonchev–Trinajstić information content (AvgIpc) is 2.56. The number of halogens is 1. The fourth-order valence-corrected chi connectivity index (χ4v) is 3.74. The molecule has 0 heterocycles. The minimum Gasteiger partial charge on any atom is -0.497 e. The molecule has 0 bridgehead atoms. The fraction of sp³-hybridized carbons (Fsp3) is 0.571. The van der Waals surface area contributed by atoms with Crippen molar-refractivity contribution in [2.75, 3.05) is 7.11 Å². The predicted octanol–water partition coefficient (Wildman–Crippen LogP) is 4.04. The lowest BCUT2D eigenvalue weighted by molar-refractivity contribution is 0.412. The molecule has 3 rings (SSSR count). The zero-order chi connectivity index (χ0) is 11.3. The number of rotatable bonds is 1. The zero-order valence-corrected chi connectivity index (χ0v) is 10.6. The molecular formula is C14H17ClO. The second-order valence-electron chi connectivity index (χ2n) is 5.05. The smallest absolute Gasteiger partial charge is 0.119 e. The Bertz CT molecular complexity index is 427. The van der Waals surface area contributed by atoms with E-state index in [2.05, 4.69) is 19.1 Å². The zero-order valence-electron chi connectivity index (χ0n) is 9.79. The Morgan fingerprint density at radius 2 is 2.19 bits per heavy atom. The molecular weight excluding hydrogens is 220 g/mol. The Kier molecular flexibility index (Phi) is 2.39. The number of ether oxygens (including phenoxy) is 1. The lowest BCUT2D eigenvalue weighted by Crippen LogP contribution is -2.11. The second-order valence-corrected chi connectivity index (χ2v) is 5.52. The molecule has 2 aliphatic rings. The van der Waals surface area contributed by atoms with Gasteiger partial charge in [-0.3, -0.25) is 0 Å². The summed E-state index contributed by atoms with van der Waals surface area (Å²) in [6.45, 7) is 2.28. The first-order chi connectivity index (χ1) is 7.72. The van der Waals surface area contributed by atoms with Crippen LogP contribution in [0.1, 0.15) is 47.8 Å². The Morgan fingerprint density at radius 3 is 2.94 bits per heavy atom. The number of alkyl halides is 1. The third kappa shape index (κ3) is 1.31. The molecule has 86 valence electrons. The van der Waals surface area contributed by atoms with Crippen LogP contribution in [0.2, 0.25) is 0 Å². The largest absolute Gasteiger partial charge is 0.497 e. The van der Waals surface area contributed by atoms with Crippen LogP contribution in [-0.4, -0.2) is 7.11 Å². The van der Waals surface area contributed by atoms with Gasteiger partial charge in [-0.2, -0.15) is 0 Å². The summed E-state index contributed by atoms with van der Waals surface area (Å²) in [7, 11) is 1.73. The van der Waals surface area contributed by atoms with Gasteiger partial charge in [-0.05, 0) is 59.9 Å². The first-order valence-electron chi connectivity index (χ1n) is 6.07. The van der Waals surface area contributed by atoms with E-state index in [1.807, 2.05) is 0 Å². The summed E-state index contributed by atoms with van der Waals surface area (Å²) in [6, 6.07) is 4.34. The summed E-state index contributed by atoms with van der Waals surface area (Å²) in [6.07, 6.45) is 3.78. The van der Waals surface area contributed by atoms with Gasteiger partial charge in [0.25, 0.3) is 0 Å². The molecule has 0 aromatic heterocycles. The molecule has 2 heteroatoms. The molecule has 0 saturated carbocycles. The molecule has 2 aliphatic carbocycles. The molecule has 0 aliphatic heterocycles. The van der Waals surface area contributed by atoms with Crippen molar-refractivity contribution in [1.29, 1.82) is 0 Å². The quantitative estimate of drug-likeness (QED) is 0.669. The van der Waals surface area contributed by atoms with E-state index in [-0.39, 0.29) is 5.38 Å². The molecule has 3 atom stereocenters. The van der Waals surface area contributed by atoms with Crippen molar-refractivity contribution < 1.29 is 4.74 Å². The van der Waals surface area contributed by atoms with E-state index in [1.165, 1.54) is 30.4 Å². The topological polar surface area (TPSA) is 9.23 Å². The summed E-state index contributed by atoms with van der Waals surface area (Å²) in [4.78, 5) is 0. The minimum atomic E-state index is 0.173. The molecule has 1 aromatic carbocycles. The Balaban J connectivity index is 2.20. The van der Waals surface area contributed by atoms with Crippen LogP contribution in [0.25, 0.3) is 0 Å². The summed E-state index contributed by atoms with van der Waals surface area (Å²) < 4.78 is 5.37. The lowest BCUT2D eigenvalue weighted by Gasteiger charge is -2.24. The maximum atomic E-state index is 6.54. The SMILES string of the molecule is COc1cc2c3c(c1)C(Cl)C(C)C3CCC2. The number of aryl methyl sites for hydroxylation is 1. The highest BCUT2D eigenvalue weighted by Crippen LogP contribution is 2.54. The molecule has 0 fully saturated rings. The first kappa shape index (κ1) is 10.5. The van der Waals surface area contributed by atoms with E-state index in [1.54, 1.807) is 12.7 Å². The first-order valence-corrected chi connectivity index (χ1v) is 6.50. The van der Waals surface area contributed by atoms with Crippen molar-refractivity contribution in [3.8, 4) is 5.75 Å². The maximum Gasteiger partial charge on any atom is 0.119 e. The highest BCUT2D eigenvalue weighted by atomic mass is 35.5. The summed E-state index contributed by atoms with van der Waals surface area (Å²) in [5.74, 6) is 2.23. The summed E-state index contributed by atoms with van der Waals surface area (Å²) in [5, 5.41) is 0.173. The van der Waals surface area contributed by atoms with Crippen molar-refractivity contribution in [3.05, 3.63) is 28.8 Å². The average molecular weight is 237 g/mol. The molecule has 0 saturated heterocycles. The van der Waals surface area contributed by atoms with Crippen molar-refractivity contribution in [2.45, 2.75) is 37.5 Å². The van der Waals surface area contributed by atoms with Crippen molar-refractivity contribution in [3.63, 3.8) is 0 Å². The van der Waals surface area contributed by atoms with Crippen LogP contribution in [0.3, 0.4) is 0 Å². The molecule has 3 unspecified atom stereocenters. The number of benzene rings is 1. The molecule has 0 N–H and O–H groups in total. The Labute approximate surface area is 102 Å². The van der Waals surface area contributed by atoms with Crippen LogP contribution in [0.4, 0.5) is 0 Å². The molecule has 1 aromatic rings. The fourth-order valence-electron chi connectivity index (χ4n) is 3.38. The van der Waals surface area contributed by atoms with Crippen molar-refractivity contribution >= 4 is 11.6 Å². The van der Waals surface area contributed by atoms with Gasteiger partial charge in [0.2, 0.25) is 0 Å². The van der Waals surface area contributed by atoms with Gasteiger partial charge in [-0.1, -0.05) is 6.92 Å². The monoisotopic (exact) mass is 236 g/mol. The highest BCUT2D eigenvalue weighted by Gasteiger charge is 2.40. The number of hydrogen-bond acceptors (Lipinski definition) is 1. The van der Waals surface area contributed by atoms with Gasteiger partial charge in [0.05, 0.1) is 12.5 Å². The second kappa shape index (κ2) is 3.66. The van der Waals surface area contributed by atoms with Gasteiger partial charge >= 0.3 is 0 Å². The lowest BCUT2D eigenvalue weighted by atomic mass is 9.81. The normalized spacial score (nSPS) is 31.3. The molecule has 1 nitrogen and oxygen atoms in total. The third-order valence-electron chi connectivity index (χ3n) is 4.23. The summed E-state index contributed by atoms with van der Waals surface area (Å²) >= 11 is 6.54. The van der Waals surface area contributed by atoms with E-state index in [0.29, 0.717) is 11.8 Å². The van der Waals surface area contributed by atoms with Crippen LogP contribution in [0.5, 0.6) is 5.75 Å². The van der Waals surface area contributed by atoms with Gasteiger partial charge in [-0.15, -0.1) is 11.6 Å². The molecule has 0 spiro atoms. The Morgan fingerprint density at radius 1 is 1.38 bits per heavy atom. The number of methoxy groups -OCH3 is 1. The van der Waals surface area contributed by atoms with Crippen molar-refractivity contribution in [2.24, 2.45) is 5.92 Å². The van der Waals surface area contributed by atoms with E-state index >= 15 is 0 Å². The van der Waals surface area contributed by atoms with Crippen molar-refractivity contribution in [1.82, 2.24) is 0 Å².